The topological polar surface area (TPSA) is 87.2 Å². The summed E-state index contributed by atoms with van der Waals surface area (Å²) < 4.78 is 65.7. The van der Waals surface area contributed by atoms with Crippen molar-refractivity contribution >= 4 is 32.7 Å². The third kappa shape index (κ3) is 6.25. The molecule has 0 radical (unpaired) electrons. The molecular formula is C25H30F3N5O2S. The second kappa shape index (κ2) is 10.6. The molecule has 0 atom stereocenters. The Balaban J connectivity index is 1.27. The molecule has 4 rings (SSSR count). The molecule has 0 aliphatic heterocycles. The van der Waals surface area contributed by atoms with Crippen LogP contribution in [0.2, 0.25) is 0 Å². The third-order valence-corrected chi connectivity index (χ3v) is 8.02. The Morgan fingerprint density at radius 2 is 1.53 bits per heavy atom. The molecule has 0 unspecified atom stereocenters. The first kappa shape index (κ1) is 26.2. The van der Waals surface area contributed by atoms with E-state index in [1.165, 1.54) is 0 Å². The number of fused-ring (bicyclic) bond motifs is 1. The van der Waals surface area contributed by atoms with E-state index in [1.54, 1.807) is 0 Å². The average Bonchev–Trinajstić information content (AvgIpc) is 2.86. The van der Waals surface area contributed by atoms with Crippen molar-refractivity contribution < 1.29 is 21.6 Å². The Morgan fingerprint density at radius 1 is 0.917 bits per heavy atom. The molecule has 0 bridgehead atoms. The largest absolute Gasteiger partial charge is 0.416 e. The number of anilines is 2. The summed E-state index contributed by atoms with van der Waals surface area (Å²) in [4.78, 5) is 11.1. The zero-order valence-corrected chi connectivity index (χ0v) is 21.0. The number of rotatable bonds is 8. The van der Waals surface area contributed by atoms with Crippen LogP contribution in [0.15, 0.2) is 53.4 Å². The number of para-hydroxylation sites is 1. The minimum Gasteiger partial charge on any atom is -0.362 e. The van der Waals surface area contributed by atoms with Gasteiger partial charge in [-0.05, 0) is 73.9 Å². The van der Waals surface area contributed by atoms with Gasteiger partial charge in [0.05, 0.1) is 16.0 Å². The van der Waals surface area contributed by atoms with Crippen LogP contribution < -0.4 is 14.9 Å². The fourth-order valence-electron chi connectivity index (χ4n) is 4.49. The predicted octanol–water partition coefficient (Wildman–Crippen LogP) is 4.91. The van der Waals surface area contributed by atoms with Gasteiger partial charge >= 0.3 is 6.18 Å². The summed E-state index contributed by atoms with van der Waals surface area (Å²) in [6.45, 7) is 0.999. The van der Waals surface area contributed by atoms with Gasteiger partial charge in [0.25, 0.3) is 0 Å². The number of aromatic nitrogens is 2. The van der Waals surface area contributed by atoms with Crippen molar-refractivity contribution in [1.82, 2.24) is 14.7 Å². The highest BCUT2D eigenvalue weighted by Crippen LogP contribution is 2.31. The molecule has 0 saturated heterocycles. The maximum atomic E-state index is 12.7. The van der Waals surface area contributed by atoms with Crippen LogP contribution in [-0.2, 0) is 16.2 Å². The molecule has 1 aliphatic carbocycles. The number of benzene rings is 2. The summed E-state index contributed by atoms with van der Waals surface area (Å²) in [6.07, 6.45) is -0.896. The van der Waals surface area contributed by atoms with Gasteiger partial charge in [-0.25, -0.2) is 18.1 Å². The number of sulfonamides is 1. The van der Waals surface area contributed by atoms with Crippen molar-refractivity contribution in [3.63, 3.8) is 0 Å². The van der Waals surface area contributed by atoms with Gasteiger partial charge in [-0.1, -0.05) is 12.1 Å². The molecule has 2 aromatic carbocycles. The van der Waals surface area contributed by atoms with E-state index in [0.717, 1.165) is 73.2 Å². The van der Waals surface area contributed by atoms with Crippen LogP contribution in [0.5, 0.6) is 0 Å². The number of alkyl halides is 3. The molecule has 1 aliphatic rings. The van der Waals surface area contributed by atoms with E-state index in [9.17, 15) is 21.6 Å². The number of nitrogens with zero attached hydrogens (tertiary/aromatic N) is 3. The lowest BCUT2D eigenvalue weighted by atomic mass is 9.82. The molecule has 1 fully saturated rings. The highest BCUT2D eigenvalue weighted by molar-refractivity contribution is 7.89. The molecule has 1 aromatic heterocycles. The summed E-state index contributed by atoms with van der Waals surface area (Å²) in [6, 6.07) is 11.4. The van der Waals surface area contributed by atoms with E-state index >= 15 is 0 Å². The van der Waals surface area contributed by atoms with Crippen molar-refractivity contribution in [2.45, 2.75) is 36.8 Å². The summed E-state index contributed by atoms with van der Waals surface area (Å²) in [5.41, 5.74) is 0.00291. The van der Waals surface area contributed by atoms with E-state index < -0.39 is 21.8 Å². The fraction of sp³-hybridized carbons (Fsp3) is 0.440. The molecule has 1 saturated carbocycles. The summed E-state index contributed by atoms with van der Waals surface area (Å²) in [7, 11) is 0.0390. The lowest BCUT2D eigenvalue weighted by Gasteiger charge is -2.28. The predicted molar refractivity (Wildman–Crippen MR) is 134 cm³/mol. The molecule has 194 valence electrons. The van der Waals surface area contributed by atoms with Gasteiger partial charge in [0.2, 0.25) is 16.0 Å². The molecule has 11 heteroatoms. The Morgan fingerprint density at radius 3 is 2.14 bits per heavy atom. The minimum absolute atomic E-state index is 0.166. The maximum Gasteiger partial charge on any atom is 0.416 e. The lowest BCUT2D eigenvalue weighted by molar-refractivity contribution is -0.137. The monoisotopic (exact) mass is 521 g/mol. The van der Waals surface area contributed by atoms with Crippen LogP contribution in [0, 0.1) is 11.8 Å². The van der Waals surface area contributed by atoms with E-state index in [4.69, 9.17) is 0 Å². The fourth-order valence-corrected chi connectivity index (χ4v) is 5.61. The number of hydrogen-bond acceptors (Lipinski definition) is 6. The number of hydrogen-bond donors (Lipinski definition) is 2. The zero-order valence-electron chi connectivity index (χ0n) is 20.2. The molecule has 1 heterocycles. The molecule has 2 N–H and O–H groups in total. The molecular weight excluding hydrogens is 491 g/mol. The highest BCUT2D eigenvalue weighted by Gasteiger charge is 2.31. The zero-order chi connectivity index (χ0) is 25.9. The van der Waals surface area contributed by atoms with Crippen molar-refractivity contribution in [2.75, 3.05) is 37.4 Å². The summed E-state index contributed by atoms with van der Waals surface area (Å²) in [5, 5.41) is 4.36. The van der Waals surface area contributed by atoms with Gasteiger partial charge in [0.1, 0.15) is 5.82 Å². The third-order valence-electron chi connectivity index (χ3n) is 6.58. The second-order valence-corrected chi connectivity index (χ2v) is 11.2. The van der Waals surface area contributed by atoms with Crippen LogP contribution in [0.1, 0.15) is 31.2 Å². The van der Waals surface area contributed by atoms with Gasteiger partial charge in [0, 0.05) is 32.6 Å². The van der Waals surface area contributed by atoms with E-state index in [2.05, 4.69) is 20.0 Å². The van der Waals surface area contributed by atoms with Crippen LogP contribution >= 0.6 is 0 Å². The van der Waals surface area contributed by atoms with Crippen molar-refractivity contribution in [3.8, 4) is 0 Å². The molecule has 0 spiro atoms. The van der Waals surface area contributed by atoms with Gasteiger partial charge in [-0.2, -0.15) is 18.2 Å². The van der Waals surface area contributed by atoms with Gasteiger partial charge < -0.3 is 10.2 Å². The van der Waals surface area contributed by atoms with Crippen LogP contribution in [-0.4, -0.2) is 45.6 Å². The lowest BCUT2D eigenvalue weighted by Crippen LogP contribution is -2.32. The van der Waals surface area contributed by atoms with Gasteiger partial charge in [-0.3, -0.25) is 0 Å². The normalized spacial score (nSPS) is 18.8. The van der Waals surface area contributed by atoms with Crippen molar-refractivity contribution in [1.29, 1.82) is 0 Å². The smallest absolute Gasteiger partial charge is 0.362 e. The number of halogens is 3. The van der Waals surface area contributed by atoms with Crippen LogP contribution in [0.3, 0.4) is 0 Å². The first-order valence-corrected chi connectivity index (χ1v) is 13.4. The van der Waals surface area contributed by atoms with Crippen LogP contribution in [0.25, 0.3) is 10.9 Å². The number of nitrogens with one attached hydrogen (secondary N) is 2. The molecule has 36 heavy (non-hydrogen) atoms. The molecule has 7 nitrogen and oxygen atoms in total. The first-order chi connectivity index (χ1) is 17.0. The quantitative estimate of drug-likeness (QED) is 0.438. The van der Waals surface area contributed by atoms with E-state index in [1.807, 2.05) is 43.3 Å². The average molecular weight is 522 g/mol. The SMILES string of the molecule is CN(C)c1nc(NC[C@H]2CC[C@H](CNS(=O)(=O)c3ccc(C(F)(F)F)cc3)CC2)nc2ccccc12. The van der Waals surface area contributed by atoms with Gasteiger partial charge in [-0.15, -0.1) is 0 Å². The van der Waals surface area contributed by atoms with E-state index in [0.29, 0.717) is 11.9 Å². The van der Waals surface area contributed by atoms with Crippen molar-refractivity contribution in [3.05, 3.63) is 54.1 Å². The second-order valence-electron chi connectivity index (χ2n) is 9.42. The first-order valence-electron chi connectivity index (χ1n) is 11.9. The highest BCUT2D eigenvalue weighted by atomic mass is 32.2. The summed E-state index contributed by atoms with van der Waals surface area (Å²) >= 11 is 0. The Labute approximate surface area is 209 Å². The Bertz CT molecular complexity index is 1290. The Hall–Kier alpha value is -2.92. The summed E-state index contributed by atoms with van der Waals surface area (Å²) in [5.74, 6) is 2.05. The standard InChI is InChI=1S/C25H30F3N5O2S/c1-33(2)23-21-5-3-4-6-22(21)31-24(32-23)29-15-17-7-9-18(10-8-17)16-30-36(34,35)20-13-11-19(12-14-20)25(26,27)28/h3-6,11-14,17-18,30H,7-10,15-16H2,1-2H3,(H,29,31,32)/t17-,18-. The Kier molecular flexibility index (Phi) is 7.70. The maximum absolute atomic E-state index is 12.7. The minimum atomic E-state index is -4.50. The van der Waals surface area contributed by atoms with Crippen molar-refractivity contribution in [2.24, 2.45) is 11.8 Å². The van der Waals surface area contributed by atoms with E-state index in [-0.39, 0.29) is 17.4 Å². The van der Waals surface area contributed by atoms with Gasteiger partial charge in [0.15, 0.2) is 0 Å². The molecule has 3 aromatic rings. The van der Waals surface area contributed by atoms with Crippen LogP contribution in [0.4, 0.5) is 24.9 Å². The molecule has 0 amide bonds.